The molecule has 1 heterocycles. The average molecular weight is 265 g/mol. The number of carboxylic acid groups (broad SMARTS) is 1. The van der Waals surface area contributed by atoms with Crippen LogP contribution in [0.15, 0.2) is 24.3 Å². The summed E-state index contributed by atoms with van der Waals surface area (Å²) in [6.07, 6.45) is 3.10. The van der Waals surface area contributed by atoms with Gasteiger partial charge in [0.25, 0.3) is 0 Å². The summed E-state index contributed by atoms with van der Waals surface area (Å²) in [5.74, 6) is -0.607. The number of rotatable bonds is 4. The molecule has 1 aliphatic rings. The second-order valence-corrected chi connectivity index (χ2v) is 5.26. The van der Waals surface area contributed by atoms with Crippen molar-refractivity contribution < 1.29 is 14.3 Å². The third-order valence-corrected chi connectivity index (χ3v) is 3.76. The molecule has 0 saturated carbocycles. The molecule has 19 heavy (non-hydrogen) atoms. The van der Waals surface area contributed by atoms with E-state index < -0.39 is 5.97 Å². The first kappa shape index (κ1) is 14.0. The van der Waals surface area contributed by atoms with Crippen LogP contribution in [0, 0.1) is 11.7 Å². The SMILES string of the molecule is O=C(O)C[C@H]1CCCN(Cc2ccccc2F)CC1. The van der Waals surface area contributed by atoms with Gasteiger partial charge in [-0.15, -0.1) is 0 Å². The highest BCUT2D eigenvalue weighted by atomic mass is 19.1. The van der Waals surface area contributed by atoms with Crippen LogP contribution in [0.5, 0.6) is 0 Å². The van der Waals surface area contributed by atoms with Crippen LogP contribution in [0.2, 0.25) is 0 Å². The number of benzene rings is 1. The maximum atomic E-state index is 13.6. The third kappa shape index (κ3) is 4.31. The van der Waals surface area contributed by atoms with Crippen LogP contribution in [0.25, 0.3) is 0 Å². The highest BCUT2D eigenvalue weighted by molar-refractivity contribution is 5.67. The van der Waals surface area contributed by atoms with Crippen LogP contribution in [0.3, 0.4) is 0 Å². The molecule has 1 N–H and O–H groups in total. The van der Waals surface area contributed by atoms with E-state index in [9.17, 15) is 9.18 Å². The largest absolute Gasteiger partial charge is 0.481 e. The van der Waals surface area contributed by atoms with Crippen molar-refractivity contribution in [3.63, 3.8) is 0 Å². The summed E-state index contributed by atoms with van der Waals surface area (Å²) in [6, 6.07) is 6.85. The molecule has 1 fully saturated rings. The summed E-state index contributed by atoms with van der Waals surface area (Å²) in [6.45, 7) is 2.39. The maximum Gasteiger partial charge on any atom is 0.303 e. The predicted molar refractivity (Wildman–Crippen MR) is 71.3 cm³/mol. The second kappa shape index (κ2) is 6.66. The molecule has 104 valence electrons. The maximum absolute atomic E-state index is 13.6. The van der Waals surface area contributed by atoms with Crippen LogP contribution < -0.4 is 0 Å². The second-order valence-electron chi connectivity index (χ2n) is 5.26. The fourth-order valence-corrected chi connectivity index (χ4v) is 2.70. The van der Waals surface area contributed by atoms with Gasteiger partial charge in [-0.2, -0.15) is 0 Å². The van der Waals surface area contributed by atoms with Crippen LogP contribution in [-0.2, 0) is 11.3 Å². The molecule has 1 saturated heterocycles. The van der Waals surface area contributed by atoms with Crippen molar-refractivity contribution in [3.05, 3.63) is 35.6 Å². The Morgan fingerprint density at radius 2 is 2.11 bits per heavy atom. The van der Waals surface area contributed by atoms with Crippen molar-refractivity contribution in [1.82, 2.24) is 4.90 Å². The Labute approximate surface area is 113 Å². The van der Waals surface area contributed by atoms with Crippen molar-refractivity contribution in [3.8, 4) is 0 Å². The number of hydrogen-bond acceptors (Lipinski definition) is 2. The van der Waals surface area contributed by atoms with Crippen molar-refractivity contribution in [2.24, 2.45) is 5.92 Å². The Morgan fingerprint density at radius 1 is 1.32 bits per heavy atom. The summed E-state index contributed by atoms with van der Waals surface area (Å²) >= 11 is 0. The number of likely N-dealkylation sites (tertiary alicyclic amines) is 1. The van der Waals surface area contributed by atoms with E-state index in [1.54, 1.807) is 6.07 Å². The van der Waals surface area contributed by atoms with Crippen molar-refractivity contribution in [2.75, 3.05) is 13.1 Å². The highest BCUT2D eigenvalue weighted by Gasteiger charge is 2.19. The molecule has 0 radical (unpaired) electrons. The zero-order valence-corrected chi connectivity index (χ0v) is 11.0. The lowest BCUT2D eigenvalue weighted by Crippen LogP contribution is -2.25. The van der Waals surface area contributed by atoms with Gasteiger partial charge in [0.2, 0.25) is 0 Å². The van der Waals surface area contributed by atoms with Crippen LogP contribution in [0.4, 0.5) is 4.39 Å². The predicted octanol–water partition coefficient (Wildman–Crippen LogP) is 2.90. The topological polar surface area (TPSA) is 40.5 Å². The van der Waals surface area contributed by atoms with E-state index in [2.05, 4.69) is 4.90 Å². The Hall–Kier alpha value is -1.42. The van der Waals surface area contributed by atoms with Gasteiger partial charge in [0, 0.05) is 18.5 Å². The monoisotopic (exact) mass is 265 g/mol. The Morgan fingerprint density at radius 3 is 2.84 bits per heavy atom. The summed E-state index contributed by atoms with van der Waals surface area (Å²) < 4.78 is 13.6. The molecule has 0 bridgehead atoms. The fourth-order valence-electron chi connectivity index (χ4n) is 2.70. The number of halogens is 1. The third-order valence-electron chi connectivity index (χ3n) is 3.76. The standard InChI is InChI=1S/C15H20FNO2/c16-14-6-2-1-5-13(14)11-17-8-3-4-12(7-9-17)10-15(18)19/h1-2,5-6,12H,3-4,7-11H2,(H,18,19)/t12-/m0/s1. The minimum Gasteiger partial charge on any atom is -0.481 e. The van der Waals surface area contributed by atoms with Crippen LogP contribution in [-0.4, -0.2) is 29.1 Å². The molecule has 1 aromatic carbocycles. The molecule has 2 rings (SSSR count). The van der Waals surface area contributed by atoms with Gasteiger partial charge in [-0.1, -0.05) is 18.2 Å². The van der Waals surface area contributed by atoms with Gasteiger partial charge >= 0.3 is 5.97 Å². The molecular formula is C15H20FNO2. The minimum atomic E-state index is -0.715. The number of nitrogens with zero attached hydrogens (tertiary/aromatic N) is 1. The van der Waals surface area contributed by atoms with Gasteiger partial charge in [0.05, 0.1) is 0 Å². The molecule has 0 aliphatic carbocycles. The Balaban J connectivity index is 1.89. The van der Waals surface area contributed by atoms with Gasteiger partial charge in [0.15, 0.2) is 0 Å². The summed E-state index contributed by atoms with van der Waals surface area (Å²) in [4.78, 5) is 13.0. The Bertz CT molecular complexity index is 436. The molecule has 1 atom stereocenters. The molecule has 0 aromatic heterocycles. The molecule has 3 nitrogen and oxygen atoms in total. The minimum absolute atomic E-state index is 0.158. The van der Waals surface area contributed by atoms with Gasteiger partial charge < -0.3 is 5.11 Å². The summed E-state index contributed by atoms with van der Waals surface area (Å²) in [7, 11) is 0. The van der Waals surface area contributed by atoms with Crippen molar-refractivity contribution >= 4 is 5.97 Å². The zero-order valence-electron chi connectivity index (χ0n) is 11.0. The van der Waals surface area contributed by atoms with Gasteiger partial charge in [-0.05, 0) is 44.3 Å². The fraction of sp³-hybridized carbons (Fsp3) is 0.533. The number of hydrogen-bond donors (Lipinski definition) is 1. The average Bonchev–Trinajstić information content (AvgIpc) is 2.57. The van der Waals surface area contributed by atoms with Crippen molar-refractivity contribution in [1.29, 1.82) is 0 Å². The first-order valence-electron chi connectivity index (χ1n) is 6.82. The van der Waals surface area contributed by atoms with E-state index in [1.807, 2.05) is 12.1 Å². The lowest BCUT2D eigenvalue weighted by Gasteiger charge is -2.20. The molecule has 1 aromatic rings. The van der Waals surface area contributed by atoms with E-state index in [0.717, 1.165) is 37.9 Å². The molecule has 0 unspecified atom stereocenters. The lowest BCUT2D eigenvalue weighted by molar-refractivity contribution is -0.138. The van der Waals surface area contributed by atoms with Gasteiger partial charge in [-0.3, -0.25) is 9.69 Å². The number of carbonyl (C=O) groups is 1. The quantitative estimate of drug-likeness (QED) is 0.910. The number of aliphatic carboxylic acids is 1. The van der Waals surface area contributed by atoms with E-state index in [4.69, 9.17) is 5.11 Å². The lowest BCUT2D eigenvalue weighted by atomic mass is 9.97. The zero-order chi connectivity index (χ0) is 13.7. The van der Waals surface area contributed by atoms with Gasteiger partial charge in [0.1, 0.15) is 5.82 Å². The molecule has 1 aliphatic heterocycles. The highest BCUT2D eigenvalue weighted by Crippen LogP contribution is 2.22. The smallest absolute Gasteiger partial charge is 0.303 e. The molecule has 4 heteroatoms. The van der Waals surface area contributed by atoms with E-state index in [1.165, 1.54) is 6.07 Å². The van der Waals surface area contributed by atoms with Gasteiger partial charge in [-0.25, -0.2) is 4.39 Å². The molecule has 0 spiro atoms. The normalized spacial score (nSPS) is 21.0. The molecule has 0 amide bonds. The van der Waals surface area contributed by atoms with Crippen LogP contribution >= 0.6 is 0 Å². The summed E-state index contributed by atoms with van der Waals surface area (Å²) in [5.41, 5.74) is 0.721. The first-order chi connectivity index (χ1) is 9.15. The number of carboxylic acids is 1. The van der Waals surface area contributed by atoms with Crippen LogP contribution in [0.1, 0.15) is 31.2 Å². The van der Waals surface area contributed by atoms with E-state index in [0.29, 0.717) is 6.54 Å². The van der Waals surface area contributed by atoms with Crippen molar-refractivity contribution in [2.45, 2.75) is 32.2 Å². The van der Waals surface area contributed by atoms with E-state index >= 15 is 0 Å². The molecular weight excluding hydrogens is 245 g/mol. The van der Waals surface area contributed by atoms with E-state index in [-0.39, 0.29) is 18.2 Å². The summed E-state index contributed by atoms with van der Waals surface area (Å²) in [5, 5.41) is 8.83. The first-order valence-corrected chi connectivity index (χ1v) is 6.82. The Kier molecular flexibility index (Phi) is 4.91.